The van der Waals surface area contributed by atoms with Crippen LogP contribution in [0.3, 0.4) is 0 Å². The first kappa shape index (κ1) is 13.3. The molecular formula is C12H9BrN2O4. The molecule has 0 aliphatic heterocycles. The number of hydrogen-bond acceptors (Lipinski definition) is 4. The molecular weight excluding hydrogens is 316 g/mol. The number of nitrogens with one attached hydrogen (secondary N) is 1. The van der Waals surface area contributed by atoms with Gasteiger partial charge in [0.2, 0.25) is 5.88 Å². The summed E-state index contributed by atoms with van der Waals surface area (Å²) in [5.41, 5.74) is 0.248. The van der Waals surface area contributed by atoms with E-state index in [1.165, 1.54) is 6.33 Å². The van der Waals surface area contributed by atoms with Crippen LogP contribution in [0, 0.1) is 0 Å². The summed E-state index contributed by atoms with van der Waals surface area (Å²) in [7, 11) is 0. The van der Waals surface area contributed by atoms with Crippen molar-refractivity contribution in [1.29, 1.82) is 0 Å². The zero-order chi connectivity index (χ0) is 13.8. The Morgan fingerprint density at radius 3 is 3.00 bits per heavy atom. The fourth-order valence-corrected chi connectivity index (χ4v) is 1.74. The zero-order valence-electron chi connectivity index (χ0n) is 9.59. The van der Waals surface area contributed by atoms with Crippen molar-refractivity contribution in [3.8, 4) is 11.6 Å². The van der Waals surface area contributed by atoms with Crippen LogP contribution >= 0.6 is 15.9 Å². The number of aromatic nitrogens is 2. The number of benzene rings is 1. The smallest absolute Gasteiger partial charge is 0.307 e. The lowest BCUT2D eigenvalue weighted by molar-refractivity contribution is -0.136. The van der Waals surface area contributed by atoms with Gasteiger partial charge in [0.25, 0.3) is 5.56 Å². The highest BCUT2D eigenvalue weighted by Crippen LogP contribution is 2.24. The molecule has 1 heterocycles. The quantitative estimate of drug-likeness (QED) is 0.896. The molecule has 0 saturated carbocycles. The maximum Gasteiger partial charge on any atom is 0.307 e. The molecule has 0 saturated heterocycles. The number of H-pyrrole nitrogens is 1. The second-order valence-corrected chi connectivity index (χ2v) is 4.46. The van der Waals surface area contributed by atoms with Crippen LogP contribution in [0.25, 0.3) is 0 Å². The highest BCUT2D eigenvalue weighted by atomic mass is 79.9. The lowest BCUT2D eigenvalue weighted by Gasteiger charge is -2.06. The monoisotopic (exact) mass is 324 g/mol. The lowest BCUT2D eigenvalue weighted by Crippen LogP contribution is -2.08. The molecule has 19 heavy (non-hydrogen) atoms. The van der Waals surface area contributed by atoms with Gasteiger partial charge in [0.1, 0.15) is 10.2 Å². The molecule has 0 spiro atoms. The minimum atomic E-state index is -0.924. The molecule has 2 rings (SSSR count). The van der Waals surface area contributed by atoms with E-state index in [1.807, 2.05) is 0 Å². The van der Waals surface area contributed by atoms with Crippen molar-refractivity contribution in [1.82, 2.24) is 9.97 Å². The average molecular weight is 325 g/mol. The Morgan fingerprint density at radius 2 is 2.26 bits per heavy atom. The Balaban J connectivity index is 2.26. The van der Waals surface area contributed by atoms with Gasteiger partial charge in [0, 0.05) is 0 Å². The van der Waals surface area contributed by atoms with Crippen LogP contribution in [-0.2, 0) is 11.2 Å². The number of aromatic amines is 1. The third-order valence-corrected chi connectivity index (χ3v) is 2.93. The molecule has 7 heteroatoms. The lowest BCUT2D eigenvalue weighted by atomic mass is 10.1. The molecule has 0 aliphatic carbocycles. The highest BCUT2D eigenvalue weighted by Gasteiger charge is 2.08. The topological polar surface area (TPSA) is 92.3 Å². The molecule has 2 N–H and O–H groups in total. The maximum absolute atomic E-state index is 11.3. The van der Waals surface area contributed by atoms with E-state index in [9.17, 15) is 9.59 Å². The SMILES string of the molecule is O=C(O)Cc1cccc(Oc2nc[nH]c(=O)c2Br)c1. The van der Waals surface area contributed by atoms with Gasteiger partial charge in [0.05, 0.1) is 12.7 Å². The highest BCUT2D eigenvalue weighted by molar-refractivity contribution is 9.10. The maximum atomic E-state index is 11.3. The predicted molar refractivity (Wildman–Crippen MR) is 70.4 cm³/mol. The van der Waals surface area contributed by atoms with Crippen LogP contribution in [0.15, 0.2) is 39.9 Å². The number of ether oxygens (including phenoxy) is 1. The number of halogens is 1. The van der Waals surface area contributed by atoms with E-state index in [2.05, 4.69) is 25.9 Å². The predicted octanol–water partition coefficient (Wildman–Crippen LogP) is 1.95. The van der Waals surface area contributed by atoms with Gasteiger partial charge in [-0.1, -0.05) is 12.1 Å². The average Bonchev–Trinajstić information content (AvgIpc) is 2.35. The molecule has 0 unspecified atom stereocenters. The van der Waals surface area contributed by atoms with Crippen molar-refractivity contribution in [3.63, 3.8) is 0 Å². The number of carboxylic acids is 1. The zero-order valence-corrected chi connectivity index (χ0v) is 11.2. The van der Waals surface area contributed by atoms with Crippen molar-refractivity contribution in [2.75, 3.05) is 0 Å². The van der Waals surface area contributed by atoms with E-state index in [1.54, 1.807) is 24.3 Å². The second-order valence-electron chi connectivity index (χ2n) is 3.67. The molecule has 0 fully saturated rings. The molecule has 0 bridgehead atoms. The van der Waals surface area contributed by atoms with Crippen molar-refractivity contribution in [2.45, 2.75) is 6.42 Å². The molecule has 0 amide bonds. The molecule has 0 atom stereocenters. The van der Waals surface area contributed by atoms with Crippen molar-refractivity contribution in [3.05, 3.63) is 51.0 Å². The summed E-state index contributed by atoms with van der Waals surface area (Å²) in [4.78, 5) is 28.2. The molecule has 1 aromatic heterocycles. The number of aliphatic carboxylic acids is 1. The van der Waals surface area contributed by atoms with Gasteiger partial charge in [-0.05, 0) is 33.6 Å². The fraction of sp³-hybridized carbons (Fsp3) is 0.0833. The number of rotatable bonds is 4. The van der Waals surface area contributed by atoms with Gasteiger partial charge >= 0.3 is 5.97 Å². The Morgan fingerprint density at radius 1 is 1.47 bits per heavy atom. The molecule has 1 aromatic carbocycles. The van der Waals surface area contributed by atoms with E-state index in [-0.39, 0.29) is 22.3 Å². The van der Waals surface area contributed by atoms with Crippen molar-refractivity contribution >= 4 is 21.9 Å². The van der Waals surface area contributed by atoms with Gasteiger partial charge in [-0.15, -0.1) is 0 Å². The Hall–Kier alpha value is -2.15. The van der Waals surface area contributed by atoms with E-state index >= 15 is 0 Å². The van der Waals surface area contributed by atoms with Crippen LogP contribution in [0.2, 0.25) is 0 Å². The van der Waals surface area contributed by atoms with Gasteiger partial charge in [-0.2, -0.15) is 0 Å². The molecule has 2 aromatic rings. The fourth-order valence-electron chi connectivity index (χ4n) is 1.44. The summed E-state index contributed by atoms with van der Waals surface area (Å²) in [6.07, 6.45) is 1.13. The van der Waals surface area contributed by atoms with Crippen molar-refractivity contribution in [2.24, 2.45) is 0 Å². The van der Waals surface area contributed by atoms with Crippen LogP contribution in [-0.4, -0.2) is 21.0 Å². The second kappa shape index (κ2) is 5.66. The number of carbonyl (C=O) groups is 1. The third kappa shape index (κ3) is 3.41. The van der Waals surface area contributed by atoms with E-state index in [0.29, 0.717) is 11.3 Å². The van der Waals surface area contributed by atoms with Crippen LogP contribution in [0.5, 0.6) is 11.6 Å². The number of nitrogens with zero attached hydrogens (tertiary/aromatic N) is 1. The number of hydrogen-bond donors (Lipinski definition) is 2. The third-order valence-electron chi connectivity index (χ3n) is 2.23. The van der Waals surface area contributed by atoms with Gasteiger partial charge in [0.15, 0.2) is 0 Å². The van der Waals surface area contributed by atoms with E-state index in [0.717, 1.165) is 0 Å². The first-order valence-corrected chi connectivity index (χ1v) is 6.07. The summed E-state index contributed by atoms with van der Waals surface area (Å²) < 4.78 is 5.62. The Bertz CT molecular complexity index is 669. The normalized spacial score (nSPS) is 10.2. The van der Waals surface area contributed by atoms with Gasteiger partial charge < -0.3 is 14.8 Å². The summed E-state index contributed by atoms with van der Waals surface area (Å²) in [6.45, 7) is 0. The van der Waals surface area contributed by atoms with E-state index < -0.39 is 5.97 Å². The van der Waals surface area contributed by atoms with E-state index in [4.69, 9.17) is 9.84 Å². The summed E-state index contributed by atoms with van der Waals surface area (Å²) >= 11 is 3.07. The minimum absolute atomic E-state index is 0.0961. The Labute approximate surface area is 116 Å². The molecule has 6 nitrogen and oxygen atoms in total. The summed E-state index contributed by atoms with van der Waals surface area (Å²) in [5, 5.41) is 8.72. The van der Waals surface area contributed by atoms with Crippen LogP contribution in [0.4, 0.5) is 0 Å². The first-order chi connectivity index (χ1) is 9.06. The van der Waals surface area contributed by atoms with Crippen LogP contribution < -0.4 is 10.3 Å². The van der Waals surface area contributed by atoms with Crippen molar-refractivity contribution < 1.29 is 14.6 Å². The van der Waals surface area contributed by atoms with Gasteiger partial charge in [-0.3, -0.25) is 9.59 Å². The molecule has 98 valence electrons. The summed E-state index contributed by atoms with van der Waals surface area (Å²) in [6, 6.07) is 6.60. The summed E-state index contributed by atoms with van der Waals surface area (Å²) in [5.74, 6) is -0.388. The Kier molecular flexibility index (Phi) is 3.96. The first-order valence-electron chi connectivity index (χ1n) is 5.28. The number of carboxylic acid groups (broad SMARTS) is 1. The molecule has 0 radical (unpaired) electrons. The van der Waals surface area contributed by atoms with Gasteiger partial charge in [-0.25, -0.2) is 4.98 Å². The minimum Gasteiger partial charge on any atom is -0.481 e. The molecule has 0 aliphatic rings. The van der Waals surface area contributed by atoms with Crippen LogP contribution in [0.1, 0.15) is 5.56 Å². The standard InChI is InChI=1S/C12H9BrN2O4/c13-10-11(18)14-6-15-12(10)19-8-3-1-2-7(4-8)5-9(16)17/h1-4,6H,5H2,(H,16,17)(H,14,15,18). The largest absolute Gasteiger partial charge is 0.481 e.